The predicted molar refractivity (Wildman–Crippen MR) is 89.8 cm³/mol. The average molecular weight is 310 g/mol. The highest BCUT2D eigenvalue weighted by molar-refractivity contribution is 5.88. The molecule has 1 aliphatic rings. The molecule has 0 radical (unpaired) electrons. The SMILES string of the molecule is CC1(C)Oc2ccccc2C(c2ccc(F)cc2)=C1/C=C/CO. The quantitative estimate of drug-likeness (QED) is 0.913. The first-order valence-corrected chi connectivity index (χ1v) is 7.59. The summed E-state index contributed by atoms with van der Waals surface area (Å²) in [5, 5.41) is 9.16. The number of hydrogen-bond donors (Lipinski definition) is 1. The van der Waals surface area contributed by atoms with E-state index in [-0.39, 0.29) is 12.4 Å². The Morgan fingerprint density at radius 2 is 1.78 bits per heavy atom. The molecular weight excluding hydrogens is 291 g/mol. The fourth-order valence-electron chi connectivity index (χ4n) is 2.92. The topological polar surface area (TPSA) is 29.5 Å². The molecule has 0 unspecified atom stereocenters. The van der Waals surface area contributed by atoms with E-state index in [1.165, 1.54) is 12.1 Å². The van der Waals surface area contributed by atoms with Gasteiger partial charge in [0.25, 0.3) is 0 Å². The van der Waals surface area contributed by atoms with Gasteiger partial charge in [-0.2, -0.15) is 0 Å². The lowest BCUT2D eigenvalue weighted by atomic mass is 9.82. The Morgan fingerprint density at radius 1 is 1.09 bits per heavy atom. The summed E-state index contributed by atoms with van der Waals surface area (Å²) in [5.41, 5.74) is 3.30. The van der Waals surface area contributed by atoms with Crippen molar-refractivity contribution < 1.29 is 14.2 Å². The van der Waals surface area contributed by atoms with Gasteiger partial charge in [-0.3, -0.25) is 0 Å². The summed E-state index contributed by atoms with van der Waals surface area (Å²) >= 11 is 0. The van der Waals surface area contributed by atoms with Crippen molar-refractivity contribution in [2.45, 2.75) is 19.4 Å². The first-order chi connectivity index (χ1) is 11.0. The number of hydrogen-bond acceptors (Lipinski definition) is 2. The van der Waals surface area contributed by atoms with Crippen LogP contribution in [0, 0.1) is 5.82 Å². The molecule has 1 aliphatic heterocycles. The second-order valence-electron chi connectivity index (χ2n) is 5.99. The van der Waals surface area contributed by atoms with E-state index in [9.17, 15) is 4.39 Å². The maximum absolute atomic E-state index is 13.3. The van der Waals surface area contributed by atoms with Crippen molar-refractivity contribution in [3.05, 3.63) is 83.2 Å². The van der Waals surface area contributed by atoms with Gasteiger partial charge in [0.05, 0.1) is 6.61 Å². The third-order valence-electron chi connectivity index (χ3n) is 3.96. The van der Waals surface area contributed by atoms with E-state index in [1.807, 2.05) is 44.2 Å². The number of halogens is 1. The molecule has 0 spiro atoms. The molecule has 0 fully saturated rings. The largest absolute Gasteiger partial charge is 0.482 e. The van der Waals surface area contributed by atoms with Crippen LogP contribution in [-0.2, 0) is 0 Å². The Bertz CT molecular complexity index is 770. The van der Waals surface area contributed by atoms with Crippen LogP contribution in [-0.4, -0.2) is 17.3 Å². The zero-order valence-corrected chi connectivity index (χ0v) is 13.2. The normalized spacial score (nSPS) is 16.3. The summed E-state index contributed by atoms with van der Waals surface area (Å²) in [6.45, 7) is 3.94. The Morgan fingerprint density at radius 3 is 2.48 bits per heavy atom. The van der Waals surface area contributed by atoms with Crippen LogP contribution >= 0.6 is 0 Å². The number of ether oxygens (including phenoxy) is 1. The number of para-hydroxylation sites is 1. The maximum atomic E-state index is 13.3. The average Bonchev–Trinajstić information content (AvgIpc) is 2.53. The van der Waals surface area contributed by atoms with Crippen molar-refractivity contribution in [1.29, 1.82) is 0 Å². The number of benzene rings is 2. The maximum Gasteiger partial charge on any atom is 0.129 e. The molecule has 0 amide bonds. The van der Waals surface area contributed by atoms with Gasteiger partial charge < -0.3 is 9.84 Å². The van der Waals surface area contributed by atoms with Crippen LogP contribution in [0.2, 0.25) is 0 Å². The van der Waals surface area contributed by atoms with E-state index in [0.29, 0.717) is 0 Å². The molecule has 1 heterocycles. The molecule has 1 N–H and O–H groups in total. The second-order valence-corrected chi connectivity index (χ2v) is 5.99. The van der Waals surface area contributed by atoms with Gasteiger partial charge in [0.2, 0.25) is 0 Å². The summed E-state index contributed by atoms with van der Waals surface area (Å²) in [6.07, 6.45) is 3.58. The third-order valence-corrected chi connectivity index (χ3v) is 3.96. The van der Waals surface area contributed by atoms with Crippen molar-refractivity contribution in [3.8, 4) is 5.75 Å². The van der Waals surface area contributed by atoms with E-state index in [0.717, 1.165) is 28.0 Å². The van der Waals surface area contributed by atoms with Crippen molar-refractivity contribution in [2.24, 2.45) is 0 Å². The van der Waals surface area contributed by atoms with Crippen LogP contribution < -0.4 is 4.74 Å². The van der Waals surface area contributed by atoms with E-state index < -0.39 is 5.60 Å². The minimum absolute atomic E-state index is 0.0437. The fraction of sp³-hybridized carbons (Fsp3) is 0.200. The van der Waals surface area contributed by atoms with Crippen LogP contribution in [0.4, 0.5) is 4.39 Å². The van der Waals surface area contributed by atoms with Gasteiger partial charge in [0, 0.05) is 11.1 Å². The van der Waals surface area contributed by atoms with Crippen molar-refractivity contribution in [3.63, 3.8) is 0 Å². The van der Waals surface area contributed by atoms with E-state index in [2.05, 4.69) is 0 Å². The van der Waals surface area contributed by atoms with Gasteiger partial charge in [-0.1, -0.05) is 42.5 Å². The molecule has 0 atom stereocenters. The first-order valence-electron chi connectivity index (χ1n) is 7.59. The molecule has 2 aromatic rings. The molecule has 2 nitrogen and oxygen atoms in total. The number of aliphatic hydroxyl groups excluding tert-OH is 1. The zero-order chi connectivity index (χ0) is 16.4. The summed E-state index contributed by atoms with van der Waals surface area (Å²) in [7, 11) is 0. The number of fused-ring (bicyclic) bond motifs is 1. The van der Waals surface area contributed by atoms with Crippen LogP contribution in [0.1, 0.15) is 25.0 Å². The van der Waals surface area contributed by atoms with E-state index >= 15 is 0 Å². The lowest BCUT2D eigenvalue weighted by Crippen LogP contribution is -2.34. The van der Waals surface area contributed by atoms with Gasteiger partial charge in [0.15, 0.2) is 0 Å². The van der Waals surface area contributed by atoms with Crippen LogP contribution in [0.25, 0.3) is 5.57 Å². The summed E-state index contributed by atoms with van der Waals surface area (Å²) in [5.74, 6) is 0.541. The van der Waals surface area contributed by atoms with E-state index in [1.54, 1.807) is 18.2 Å². The standard InChI is InChI=1S/C20H19FO2/c1-20(2)17(7-5-13-22)19(14-9-11-15(21)12-10-14)16-6-3-4-8-18(16)23-20/h3-12,22H,13H2,1-2H3/b7-5+. The molecule has 0 aliphatic carbocycles. The second kappa shape index (κ2) is 6.01. The first kappa shape index (κ1) is 15.5. The number of rotatable bonds is 3. The van der Waals surface area contributed by atoms with Crippen LogP contribution in [0.15, 0.2) is 66.3 Å². The molecule has 0 aromatic heterocycles. The molecule has 0 saturated heterocycles. The van der Waals surface area contributed by atoms with Crippen molar-refractivity contribution in [1.82, 2.24) is 0 Å². The molecule has 118 valence electrons. The minimum atomic E-state index is -0.552. The molecule has 0 saturated carbocycles. The van der Waals surface area contributed by atoms with Gasteiger partial charge >= 0.3 is 0 Å². The molecule has 23 heavy (non-hydrogen) atoms. The zero-order valence-electron chi connectivity index (χ0n) is 13.2. The van der Waals surface area contributed by atoms with E-state index in [4.69, 9.17) is 9.84 Å². The van der Waals surface area contributed by atoms with Gasteiger partial charge in [-0.15, -0.1) is 0 Å². The van der Waals surface area contributed by atoms with Crippen LogP contribution in [0.5, 0.6) is 5.75 Å². The van der Waals surface area contributed by atoms with Crippen molar-refractivity contribution in [2.75, 3.05) is 6.61 Å². The highest BCUT2D eigenvalue weighted by Gasteiger charge is 2.33. The van der Waals surface area contributed by atoms with Gasteiger partial charge in [-0.05, 0) is 43.2 Å². The summed E-state index contributed by atoms with van der Waals surface area (Å²) in [6, 6.07) is 14.3. The Hall–Kier alpha value is -2.39. The summed E-state index contributed by atoms with van der Waals surface area (Å²) < 4.78 is 19.5. The monoisotopic (exact) mass is 310 g/mol. The number of aliphatic hydroxyl groups is 1. The molecule has 0 bridgehead atoms. The smallest absolute Gasteiger partial charge is 0.129 e. The molecule has 3 rings (SSSR count). The lowest BCUT2D eigenvalue weighted by Gasteiger charge is -2.36. The van der Waals surface area contributed by atoms with Gasteiger partial charge in [0.1, 0.15) is 17.2 Å². The fourth-order valence-corrected chi connectivity index (χ4v) is 2.92. The Kier molecular flexibility index (Phi) is 4.05. The predicted octanol–water partition coefficient (Wildman–Crippen LogP) is 4.35. The molecule has 3 heteroatoms. The summed E-state index contributed by atoms with van der Waals surface area (Å²) in [4.78, 5) is 0. The lowest BCUT2D eigenvalue weighted by molar-refractivity contribution is 0.148. The Balaban J connectivity index is 2.30. The van der Waals surface area contributed by atoms with Crippen molar-refractivity contribution >= 4 is 5.57 Å². The van der Waals surface area contributed by atoms with Gasteiger partial charge in [-0.25, -0.2) is 4.39 Å². The third kappa shape index (κ3) is 2.92. The highest BCUT2D eigenvalue weighted by atomic mass is 19.1. The molecular formula is C20H19FO2. The molecule has 2 aromatic carbocycles. The van der Waals surface area contributed by atoms with Crippen LogP contribution in [0.3, 0.4) is 0 Å². The minimum Gasteiger partial charge on any atom is -0.482 e. The highest BCUT2D eigenvalue weighted by Crippen LogP contribution is 2.44. The Labute approximate surface area is 135 Å².